The highest BCUT2D eigenvalue weighted by atomic mass is 32.1. The van der Waals surface area contributed by atoms with Crippen LogP contribution in [0.2, 0.25) is 0 Å². The van der Waals surface area contributed by atoms with E-state index in [0.717, 1.165) is 48.1 Å². The Morgan fingerprint density at radius 3 is 2.70 bits per heavy atom. The first kappa shape index (κ1) is 19.0. The Morgan fingerprint density at radius 1 is 1.03 bits per heavy atom. The van der Waals surface area contributed by atoms with Crippen LogP contribution in [0.3, 0.4) is 0 Å². The van der Waals surface area contributed by atoms with Gasteiger partial charge < -0.3 is 5.11 Å². The maximum atomic E-state index is 12.7. The highest BCUT2D eigenvalue weighted by molar-refractivity contribution is 7.15. The van der Waals surface area contributed by atoms with Gasteiger partial charge in [-0.2, -0.15) is 0 Å². The molecular weight excluding hydrogens is 390 g/mol. The fourth-order valence-electron chi connectivity index (χ4n) is 7.99. The Bertz CT molecular complexity index is 1030. The molecule has 3 fully saturated rings. The molecule has 0 radical (unpaired) electrons. The minimum absolute atomic E-state index is 0.0350. The van der Waals surface area contributed by atoms with Gasteiger partial charge in [0.2, 0.25) is 0 Å². The summed E-state index contributed by atoms with van der Waals surface area (Å²) in [4.78, 5) is 19.1. The van der Waals surface area contributed by atoms with Gasteiger partial charge in [-0.15, -0.1) is 11.3 Å². The molecule has 4 heteroatoms. The van der Waals surface area contributed by atoms with Crippen LogP contribution in [0.5, 0.6) is 5.75 Å². The van der Waals surface area contributed by atoms with Crippen LogP contribution in [0.4, 0.5) is 0 Å². The van der Waals surface area contributed by atoms with E-state index >= 15 is 0 Å². The van der Waals surface area contributed by atoms with Crippen molar-refractivity contribution in [1.29, 1.82) is 0 Å². The lowest BCUT2D eigenvalue weighted by molar-refractivity contribution is -0.134. The average Bonchev–Trinajstić information content (AvgIpc) is 3.29. The number of phenols is 1. The molecule has 1 N–H and O–H groups in total. The molecule has 0 aliphatic heterocycles. The molecule has 0 saturated heterocycles. The molecule has 158 valence electrons. The van der Waals surface area contributed by atoms with Gasteiger partial charge in [0.15, 0.2) is 0 Å². The molecule has 4 aliphatic carbocycles. The molecule has 3 saturated carbocycles. The molecule has 4 aliphatic rings. The van der Waals surface area contributed by atoms with Crippen molar-refractivity contribution in [3.05, 3.63) is 34.8 Å². The van der Waals surface area contributed by atoms with Gasteiger partial charge in [0.05, 0.1) is 11.3 Å². The number of hydrogen-bond donors (Lipinski definition) is 1. The molecule has 3 nitrogen and oxygen atoms in total. The average molecular weight is 422 g/mol. The fraction of sp³-hybridized carbons (Fsp3) is 0.615. The van der Waals surface area contributed by atoms with Crippen LogP contribution in [0.25, 0.3) is 10.6 Å². The predicted molar refractivity (Wildman–Crippen MR) is 120 cm³/mol. The Balaban J connectivity index is 1.36. The van der Waals surface area contributed by atoms with Crippen LogP contribution in [0, 0.1) is 28.6 Å². The summed E-state index contributed by atoms with van der Waals surface area (Å²) >= 11 is 1.82. The first-order valence-electron chi connectivity index (χ1n) is 11.7. The van der Waals surface area contributed by atoms with E-state index in [1.54, 1.807) is 6.07 Å². The number of para-hydroxylation sites is 1. The van der Waals surface area contributed by atoms with Crippen LogP contribution in [0.1, 0.15) is 75.3 Å². The van der Waals surface area contributed by atoms with E-state index in [2.05, 4.69) is 13.8 Å². The van der Waals surface area contributed by atoms with E-state index in [0.29, 0.717) is 28.8 Å². The quantitative estimate of drug-likeness (QED) is 0.583. The SMILES string of the molecule is C[C@]12CCc3nc(-c4ccccc4O)sc3[C@@H]1CC[C@@H]1[C@@H]2CC[C@]2(C)C(=O)CC[C@@H]12. The number of thiazole rings is 1. The number of carbonyl (C=O) groups is 1. The molecule has 2 aromatic rings. The number of aromatic hydroxyl groups is 1. The van der Waals surface area contributed by atoms with Crippen molar-refractivity contribution in [2.24, 2.45) is 28.6 Å². The standard InChI is InChI=1S/C26H31NO2S/c1-25-14-12-20-23(30-24(27-20)16-5-3-4-6-21(16)28)19(25)8-7-15-17-9-10-22(29)26(17,2)13-11-18(15)25/h3-6,15,17-19,28H,7-14H2,1-2H3/t15-,17-,18-,19-,25+,26-/m0/s1. The first-order valence-corrected chi connectivity index (χ1v) is 12.5. The van der Waals surface area contributed by atoms with Crippen LogP contribution < -0.4 is 0 Å². The summed E-state index contributed by atoms with van der Waals surface area (Å²) < 4.78 is 0. The van der Waals surface area contributed by atoms with Gasteiger partial charge in [0.25, 0.3) is 0 Å². The van der Waals surface area contributed by atoms with Crippen molar-refractivity contribution in [2.45, 2.75) is 71.1 Å². The maximum absolute atomic E-state index is 12.7. The zero-order valence-electron chi connectivity index (χ0n) is 18.0. The van der Waals surface area contributed by atoms with E-state index in [1.807, 2.05) is 29.5 Å². The molecular formula is C26H31NO2S. The largest absolute Gasteiger partial charge is 0.507 e. The van der Waals surface area contributed by atoms with Crippen molar-refractivity contribution in [3.63, 3.8) is 0 Å². The summed E-state index contributed by atoms with van der Waals surface area (Å²) in [5.74, 6) is 3.53. The molecule has 6 atom stereocenters. The predicted octanol–water partition coefficient (Wildman–Crippen LogP) is 6.36. The van der Waals surface area contributed by atoms with Crippen LogP contribution in [0.15, 0.2) is 24.3 Å². The normalized spacial score (nSPS) is 39.7. The van der Waals surface area contributed by atoms with Crippen molar-refractivity contribution < 1.29 is 9.90 Å². The Kier molecular flexibility index (Phi) is 4.07. The van der Waals surface area contributed by atoms with E-state index in [-0.39, 0.29) is 5.41 Å². The number of fused-ring (bicyclic) bond motifs is 7. The smallest absolute Gasteiger partial charge is 0.139 e. The summed E-state index contributed by atoms with van der Waals surface area (Å²) in [6.07, 6.45) is 9.02. The molecule has 1 aromatic heterocycles. The maximum Gasteiger partial charge on any atom is 0.139 e. The monoisotopic (exact) mass is 421 g/mol. The number of ketones is 1. The lowest BCUT2D eigenvalue weighted by atomic mass is 9.46. The van der Waals surface area contributed by atoms with Gasteiger partial charge in [-0.25, -0.2) is 4.98 Å². The number of benzene rings is 1. The minimum atomic E-state index is -0.0350. The highest BCUT2D eigenvalue weighted by Gasteiger charge is 2.60. The molecule has 0 amide bonds. The van der Waals surface area contributed by atoms with Crippen LogP contribution >= 0.6 is 11.3 Å². The highest BCUT2D eigenvalue weighted by Crippen LogP contribution is 2.67. The van der Waals surface area contributed by atoms with Gasteiger partial charge in [0, 0.05) is 22.6 Å². The molecule has 1 heterocycles. The molecule has 6 rings (SSSR count). The fourth-order valence-corrected chi connectivity index (χ4v) is 9.43. The lowest BCUT2D eigenvalue weighted by Gasteiger charge is -2.59. The van der Waals surface area contributed by atoms with Gasteiger partial charge in [-0.1, -0.05) is 26.0 Å². The topological polar surface area (TPSA) is 50.2 Å². The van der Waals surface area contributed by atoms with Crippen molar-refractivity contribution >= 4 is 17.1 Å². The molecule has 0 unspecified atom stereocenters. The number of rotatable bonds is 1. The lowest BCUT2D eigenvalue weighted by Crippen LogP contribution is -2.52. The second-order valence-corrected chi connectivity index (χ2v) is 11.8. The Morgan fingerprint density at radius 2 is 1.87 bits per heavy atom. The Labute approximate surface area is 182 Å². The van der Waals surface area contributed by atoms with E-state index in [4.69, 9.17) is 4.98 Å². The van der Waals surface area contributed by atoms with Crippen LogP contribution in [-0.2, 0) is 11.2 Å². The van der Waals surface area contributed by atoms with E-state index < -0.39 is 0 Å². The second-order valence-electron chi connectivity index (χ2n) is 10.8. The third-order valence-electron chi connectivity index (χ3n) is 9.66. The minimum Gasteiger partial charge on any atom is -0.507 e. The van der Waals surface area contributed by atoms with Gasteiger partial charge in [-0.3, -0.25) is 4.79 Å². The van der Waals surface area contributed by atoms with Gasteiger partial charge >= 0.3 is 0 Å². The number of aromatic nitrogens is 1. The number of phenolic OH excluding ortho intramolecular Hbond substituents is 1. The molecule has 0 bridgehead atoms. The van der Waals surface area contributed by atoms with Crippen molar-refractivity contribution in [2.75, 3.05) is 0 Å². The molecule has 30 heavy (non-hydrogen) atoms. The number of aryl methyl sites for hydroxylation is 1. The Hall–Kier alpha value is -1.68. The third-order valence-corrected chi connectivity index (χ3v) is 10.9. The van der Waals surface area contributed by atoms with Gasteiger partial charge in [-0.05, 0) is 80.2 Å². The zero-order chi connectivity index (χ0) is 20.7. The van der Waals surface area contributed by atoms with E-state index in [9.17, 15) is 9.90 Å². The van der Waals surface area contributed by atoms with Crippen molar-refractivity contribution in [3.8, 4) is 16.3 Å². The second kappa shape index (κ2) is 6.41. The number of nitrogens with zero attached hydrogens (tertiary/aromatic N) is 1. The first-order chi connectivity index (χ1) is 14.4. The molecule has 1 aromatic carbocycles. The molecule has 0 spiro atoms. The van der Waals surface area contributed by atoms with Gasteiger partial charge in [0.1, 0.15) is 16.5 Å². The number of hydrogen-bond acceptors (Lipinski definition) is 4. The summed E-state index contributed by atoms with van der Waals surface area (Å²) in [6.45, 7) is 4.83. The number of Topliss-reactive ketones (excluding diaryl/α,β-unsaturated/α-hetero) is 1. The summed E-state index contributed by atoms with van der Waals surface area (Å²) in [5, 5.41) is 11.3. The third kappa shape index (κ3) is 2.43. The van der Waals surface area contributed by atoms with Crippen molar-refractivity contribution in [1.82, 2.24) is 4.98 Å². The zero-order valence-corrected chi connectivity index (χ0v) is 18.8. The summed E-state index contributed by atoms with van der Waals surface area (Å²) in [7, 11) is 0. The van der Waals surface area contributed by atoms with E-state index in [1.165, 1.54) is 36.3 Å². The summed E-state index contributed by atoms with van der Waals surface area (Å²) in [5.41, 5.74) is 2.43. The van der Waals surface area contributed by atoms with Crippen LogP contribution in [-0.4, -0.2) is 15.9 Å². The summed E-state index contributed by atoms with van der Waals surface area (Å²) in [6, 6.07) is 7.59. The number of carbonyl (C=O) groups excluding carboxylic acids is 1.